The Balaban J connectivity index is 1.89. The van der Waals surface area contributed by atoms with Gasteiger partial charge in [0.25, 0.3) is 0 Å². The van der Waals surface area contributed by atoms with Gasteiger partial charge in [0.2, 0.25) is 10.0 Å². The van der Waals surface area contributed by atoms with E-state index in [9.17, 15) is 8.42 Å². The molecule has 0 amide bonds. The van der Waals surface area contributed by atoms with Crippen LogP contribution in [0.3, 0.4) is 0 Å². The van der Waals surface area contributed by atoms with Gasteiger partial charge < -0.3 is 0 Å². The molecule has 0 atom stereocenters. The zero-order valence-electron chi connectivity index (χ0n) is 10.7. The van der Waals surface area contributed by atoms with Crippen molar-refractivity contribution in [2.75, 3.05) is 24.6 Å². The standard InChI is InChI=1S/C12H14N4O2S2/c17-20(18,15-5-7-19-8-6-15)11-9-14-16(10-11)12-3-1-2-4-13-12/h1-4,9-10H,5-8H2. The van der Waals surface area contributed by atoms with Gasteiger partial charge in [0, 0.05) is 30.8 Å². The summed E-state index contributed by atoms with van der Waals surface area (Å²) in [5.41, 5.74) is 0. The number of hydrogen-bond donors (Lipinski definition) is 0. The maximum absolute atomic E-state index is 12.5. The van der Waals surface area contributed by atoms with Gasteiger partial charge in [0.1, 0.15) is 4.90 Å². The van der Waals surface area contributed by atoms with Crippen molar-refractivity contribution in [3.63, 3.8) is 0 Å². The van der Waals surface area contributed by atoms with Crippen molar-refractivity contribution < 1.29 is 8.42 Å². The van der Waals surface area contributed by atoms with E-state index in [0.29, 0.717) is 18.9 Å². The molecule has 0 saturated carbocycles. The molecule has 1 saturated heterocycles. The minimum atomic E-state index is -3.44. The van der Waals surface area contributed by atoms with E-state index in [2.05, 4.69) is 10.1 Å². The molecule has 0 N–H and O–H groups in total. The molecule has 106 valence electrons. The zero-order valence-corrected chi connectivity index (χ0v) is 12.3. The van der Waals surface area contributed by atoms with Crippen molar-refractivity contribution in [3.05, 3.63) is 36.8 Å². The summed E-state index contributed by atoms with van der Waals surface area (Å²) in [6, 6.07) is 5.41. The Morgan fingerprint density at radius 3 is 2.70 bits per heavy atom. The minimum absolute atomic E-state index is 0.218. The van der Waals surface area contributed by atoms with Crippen LogP contribution in [-0.2, 0) is 10.0 Å². The smallest absolute Gasteiger partial charge is 0.237 e. The summed E-state index contributed by atoms with van der Waals surface area (Å²) in [5, 5.41) is 4.09. The van der Waals surface area contributed by atoms with Crippen LogP contribution < -0.4 is 0 Å². The second-order valence-corrected chi connectivity index (χ2v) is 7.49. The van der Waals surface area contributed by atoms with Crippen LogP contribution in [0.1, 0.15) is 0 Å². The summed E-state index contributed by atoms with van der Waals surface area (Å²) in [6.07, 6.45) is 4.54. The molecule has 3 rings (SSSR count). The summed E-state index contributed by atoms with van der Waals surface area (Å²) in [5.74, 6) is 2.28. The Labute approximate surface area is 121 Å². The van der Waals surface area contributed by atoms with Crippen LogP contribution in [0.5, 0.6) is 0 Å². The van der Waals surface area contributed by atoms with Crippen LogP contribution in [0.2, 0.25) is 0 Å². The van der Waals surface area contributed by atoms with E-state index >= 15 is 0 Å². The van der Waals surface area contributed by atoms with Gasteiger partial charge in [-0.1, -0.05) is 6.07 Å². The highest BCUT2D eigenvalue weighted by molar-refractivity contribution is 7.99. The fourth-order valence-corrected chi connectivity index (χ4v) is 4.50. The first kappa shape index (κ1) is 13.6. The van der Waals surface area contributed by atoms with E-state index in [1.807, 2.05) is 6.07 Å². The molecule has 0 unspecified atom stereocenters. The maximum Gasteiger partial charge on any atom is 0.246 e. The molecule has 0 spiro atoms. The first-order chi connectivity index (χ1) is 9.68. The molecule has 0 aromatic carbocycles. The highest BCUT2D eigenvalue weighted by atomic mass is 32.2. The Hall–Kier alpha value is -1.38. The van der Waals surface area contributed by atoms with Gasteiger partial charge in [-0.3, -0.25) is 0 Å². The third kappa shape index (κ3) is 2.58. The molecule has 2 aromatic heterocycles. The van der Waals surface area contributed by atoms with Crippen molar-refractivity contribution in [2.24, 2.45) is 0 Å². The van der Waals surface area contributed by atoms with Crippen LogP contribution in [0.4, 0.5) is 0 Å². The monoisotopic (exact) mass is 310 g/mol. The van der Waals surface area contributed by atoms with Gasteiger partial charge in [0.15, 0.2) is 5.82 Å². The summed E-state index contributed by atoms with van der Waals surface area (Å²) in [4.78, 5) is 4.36. The van der Waals surface area contributed by atoms with E-state index in [1.165, 1.54) is 21.4 Å². The van der Waals surface area contributed by atoms with Crippen molar-refractivity contribution in [2.45, 2.75) is 4.90 Å². The lowest BCUT2D eigenvalue weighted by atomic mass is 10.5. The van der Waals surface area contributed by atoms with E-state index in [4.69, 9.17) is 0 Å². The maximum atomic E-state index is 12.5. The second-order valence-electron chi connectivity index (χ2n) is 4.33. The summed E-state index contributed by atoms with van der Waals surface area (Å²) < 4.78 is 27.9. The third-order valence-electron chi connectivity index (χ3n) is 3.05. The molecule has 6 nitrogen and oxygen atoms in total. The van der Waals surface area contributed by atoms with E-state index < -0.39 is 10.0 Å². The topological polar surface area (TPSA) is 68.1 Å². The average Bonchev–Trinajstić information content (AvgIpc) is 3.00. The van der Waals surface area contributed by atoms with Crippen LogP contribution in [0.25, 0.3) is 5.82 Å². The van der Waals surface area contributed by atoms with Crippen molar-refractivity contribution >= 4 is 21.8 Å². The minimum Gasteiger partial charge on any atom is -0.237 e. The van der Waals surface area contributed by atoms with Gasteiger partial charge in [-0.15, -0.1) is 0 Å². The van der Waals surface area contributed by atoms with Crippen molar-refractivity contribution in [1.82, 2.24) is 19.1 Å². The lowest BCUT2D eigenvalue weighted by Gasteiger charge is -2.24. The molecule has 20 heavy (non-hydrogen) atoms. The molecule has 1 fully saturated rings. The highest BCUT2D eigenvalue weighted by Crippen LogP contribution is 2.20. The van der Waals surface area contributed by atoms with Crippen LogP contribution in [-0.4, -0.2) is 52.1 Å². The molecule has 0 aliphatic carbocycles. The SMILES string of the molecule is O=S(=O)(c1cnn(-c2ccccn2)c1)N1CCSCC1. The molecule has 1 aliphatic heterocycles. The third-order valence-corrected chi connectivity index (χ3v) is 5.84. The summed E-state index contributed by atoms with van der Waals surface area (Å²) in [6.45, 7) is 1.11. The van der Waals surface area contributed by atoms with E-state index in [1.54, 1.807) is 30.1 Å². The normalized spacial score (nSPS) is 17.2. The first-order valence-electron chi connectivity index (χ1n) is 6.22. The number of rotatable bonds is 3. The lowest BCUT2D eigenvalue weighted by Crippen LogP contribution is -2.37. The Kier molecular flexibility index (Phi) is 3.77. The van der Waals surface area contributed by atoms with Crippen LogP contribution in [0.15, 0.2) is 41.7 Å². The first-order valence-corrected chi connectivity index (χ1v) is 8.81. The van der Waals surface area contributed by atoms with Gasteiger partial charge in [-0.2, -0.15) is 21.2 Å². The van der Waals surface area contributed by atoms with Crippen LogP contribution >= 0.6 is 11.8 Å². The Bertz CT molecular complexity index is 678. The molecule has 0 radical (unpaired) electrons. The molecule has 8 heteroatoms. The number of thioether (sulfide) groups is 1. The fraction of sp³-hybridized carbons (Fsp3) is 0.333. The predicted octanol–water partition coefficient (Wildman–Crippen LogP) is 1.00. The molecule has 1 aliphatic rings. The number of sulfonamides is 1. The summed E-state index contributed by atoms with van der Waals surface area (Å²) in [7, 11) is -3.44. The van der Waals surface area contributed by atoms with Gasteiger partial charge in [-0.25, -0.2) is 18.1 Å². The van der Waals surface area contributed by atoms with Crippen LogP contribution in [0, 0.1) is 0 Å². The van der Waals surface area contributed by atoms with Gasteiger partial charge in [0.05, 0.1) is 12.4 Å². The number of aromatic nitrogens is 3. The largest absolute Gasteiger partial charge is 0.246 e. The molecule has 2 aromatic rings. The Morgan fingerprint density at radius 2 is 2.00 bits per heavy atom. The predicted molar refractivity (Wildman–Crippen MR) is 77.4 cm³/mol. The fourth-order valence-electron chi connectivity index (χ4n) is 1.99. The number of nitrogens with zero attached hydrogens (tertiary/aromatic N) is 4. The number of pyridine rings is 1. The molecular weight excluding hydrogens is 296 g/mol. The molecular formula is C12H14N4O2S2. The van der Waals surface area contributed by atoms with Crippen molar-refractivity contribution in [1.29, 1.82) is 0 Å². The van der Waals surface area contributed by atoms with Gasteiger partial charge >= 0.3 is 0 Å². The zero-order chi connectivity index (χ0) is 14.0. The molecule has 3 heterocycles. The second kappa shape index (κ2) is 5.55. The Morgan fingerprint density at radius 1 is 1.20 bits per heavy atom. The summed E-state index contributed by atoms with van der Waals surface area (Å²) >= 11 is 1.78. The number of hydrogen-bond acceptors (Lipinski definition) is 5. The van der Waals surface area contributed by atoms with E-state index in [-0.39, 0.29) is 4.90 Å². The molecule has 0 bridgehead atoms. The average molecular weight is 310 g/mol. The van der Waals surface area contributed by atoms with E-state index in [0.717, 1.165) is 11.5 Å². The highest BCUT2D eigenvalue weighted by Gasteiger charge is 2.27. The van der Waals surface area contributed by atoms with Gasteiger partial charge in [-0.05, 0) is 12.1 Å². The quantitative estimate of drug-likeness (QED) is 0.846. The lowest BCUT2D eigenvalue weighted by molar-refractivity contribution is 0.443. The van der Waals surface area contributed by atoms with Crippen molar-refractivity contribution in [3.8, 4) is 5.82 Å².